The molecule has 1 amide bonds. The van der Waals surface area contributed by atoms with Crippen LogP contribution in [0, 0.1) is 0 Å². The van der Waals surface area contributed by atoms with Gasteiger partial charge < -0.3 is 9.64 Å². The highest BCUT2D eigenvalue weighted by molar-refractivity contribution is 9.10. The minimum absolute atomic E-state index is 0.0676. The van der Waals surface area contributed by atoms with Gasteiger partial charge in [-0.15, -0.1) is 0 Å². The standard InChI is InChI=1S/C19H21BrN2O4S/c1-22(13-17-6-3-11-26-17)19(23)14-4-2-5-16(12-14)21-27(24,25)18-9-7-15(20)8-10-18/h2,4-5,7-10,12,17,21H,3,6,11,13H2,1H3. The van der Waals surface area contributed by atoms with Crippen molar-refractivity contribution in [3.05, 3.63) is 58.6 Å². The topological polar surface area (TPSA) is 75.7 Å². The molecule has 1 N–H and O–H groups in total. The average molecular weight is 453 g/mol. The highest BCUT2D eigenvalue weighted by Gasteiger charge is 2.21. The number of anilines is 1. The second-order valence-electron chi connectivity index (χ2n) is 6.46. The molecule has 1 fully saturated rings. The molecule has 1 saturated heterocycles. The number of likely N-dealkylation sites (N-methyl/N-ethyl adjacent to an activating group) is 1. The Balaban J connectivity index is 1.72. The van der Waals surface area contributed by atoms with Gasteiger partial charge in [0.15, 0.2) is 0 Å². The van der Waals surface area contributed by atoms with E-state index in [1.165, 1.54) is 12.1 Å². The predicted octanol–water partition coefficient (Wildman–Crippen LogP) is 3.50. The molecule has 2 aromatic carbocycles. The molecule has 27 heavy (non-hydrogen) atoms. The number of carbonyl (C=O) groups excluding carboxylic acids is 1. The summed E-state index contributed by atoms with van der Waals surface area (Å²) in [6.07, 6.45) is 2.03. The van der Waals surface area contributed by atoms with E-state index in [1.807, 2.05) is 0 Å². The van der Waals surface area contributed by atoms with E-state index < -0.39 is 10.0 Å². The largest absolute Gasteiger partial charge is 0.376 e. The van der Waals surface area contributed by atoms with Crippen LogP contribution in [0.2, 0.25) is 0 Å². The number of nitrogens with zero attached hydrogens (tertiary/aromatic N) is 1. The van der Waals surface area contributed by atoms with Crippen molar-refractivity contribution in [3.8, 4) is 0 Å². The van der Waals surface area contributed by atoms with Crippen LogP contribution in [-0.4, -0.2) is 45.5 Å². The highest BCUT2D eigenvalue weighted by Crippen LogP contribution is 2.20. The van der Waals surface area contributed by atoms with Gasteiger partial charge in [-0.25, -0.2) is 8.42 Å². The van der Waals surface area contributed by atoms with Crippen LogP contribution in [0.3, 0.4) is 0 Å². The van der Waals surface area contributed by atoms with Crippen LogP contribution in [0.4, 0.5) is 5.69 Å². The zero-order valence-corrected chi connectivity index (χ0v) is 17.3. The summed E-state index contributed by atoms with van der Waals surface area (Å²) in [5.41, 5.74) is 0.765. The first kappa shape index (κ1) is 19.9. The van der Waals surface area contributed by atoms with Crippen molar-refractivity contribution in [3.63, 3.8) is 0 Å². The second kappa shape index (κ2) is 8.41. The number of rotatable bonds is 6. The minimum atomic E-state index is -3.73. The van der Waals surface area contributed by atoms with Crippen molar-refractivity contribution in [2.45, 2.75) is 23.8 Å². The quantitative estimate of drug-likeness (QED) is 0.727. The molecule has 1 aliphatic rings. The number of benzene rings is 2. The average Bonchev–Trinajstić information content (AvgIpc) is 3.14. The highest BCUT2D eigenvalue weighted by atomic mass is 79.9. The molecule has 1 heterocycles. The number of nitrogens with one attached hydrogen (secondary N) is 1. The van der Waals surface area contributed by atoms with Crippen LogP contribution in [-0.2, 0) is 14.8 Å². The molecule has 0 aliphatic carbocycles. The molecule has 1 aliphatic heterocycles. The molecule has 6 nitrogen and oxygen atoms in total. The van der Waals surface area contributed by atoms with Gasteiger partial charge in [-0.1, -0.05) is 22.0 Å². The summed E-state index contributed by atoms with van der Waals surface area (Å²) >= 11 is 3.28. The summed E-state index contributed by atoms with van der Waals surface area (Å²) < 4.78 is 33.9. The summed E-state index contributed by atoms with van der Waals surface area (Å²) in [4.78, 5) is 14.4. The van der Waals surface area contributed by atoms with Crippen molar-refractivity contribution < 1.29 is 17.9 Å². The summed E-state index contributed by atoms with van der Waals surface area (Å²) in [5, 5.41) is 0. The number of ether oxygens (including phenoxy) is 1. The van der Waals surface area contributed by atoms with Gasteiger partial charge in [-0.2, -0.15) is 0 Å². The second-order valence-corrected chi connectivity index (χ2v) is 9.06. The van der Waals surface area contributed by atoms with E-state index in [4.69, 9.17) is 4.74 Å². The monoisotopic (exact) mass is 452 g/mol. The molecule has 0 aromatic heterocycles. The first-order valence-corrected chi connectivity index (χ1v) is 10.9. The Morgan fingerprint density at radius 3 is 2.67 bits per heavy atom. The number of hydrogen-bond donors (Lipinski definition) is 1. The fourth-order valence-electron chi connectivity index (χ4n) is 2.94. The van der Waals surface area contributed by atoms with Crippen LogP contribution in [0.1, 0.15) is 23.2 Å². The Bertz CT molecular complexity index is 910. The predicted molar refractivity (Wildman–Crippen MR) is 107 cm³/mol. The van der Waals surface area contributed by atoms with Gasteiger partial charge in [0.2, 0.25) is 0 Å². The molecule has 144 valence electrons. The van der Waals surface area contributed by atoms with Crippen molar-refractivity contribution in [1.82, 2.24) is 4.90 Å². The van der Waals surface area contributed by atoms with Gasteiger partial charge in [0.05, 0.1) is 11.0 Å². The number of hydrogen-bond acceptors (Lipinski definition) is 4. The maximum absolute atomic E-state index is 12.6. The third-order valence-electron chi connectivity index (χ3n) is 4.33. The Morgan fingerprint density at radius 2 is 2.00 bits per heavy atom. The number of sulfonamides is 1. The third kappa shape index (κ3) is 5.09. The van der Waals surface area contributed by atoms with Crippen LogP contribution < -0.4 is 4.72 Å². The third-order valence-corrected chi connectivity index (χ3v) is 6.26. The summed E-state index contributed by atoms with van der Waals surface area (Å²) in [6, 6.07) is 12.8. The molecule has 0 radical (unpaired) electrons. The van der Waals surface area contributed by atoms with Gasteiger partial charge in [0, 0.05) is 35.9 Å². The van der Waals surface area contributed by atoms with Crippen LogP contribution in [0.15, 0.2) is 57.9 Å². The van der Waals surface area contributed by atoms with Crippen molar-refractivity contribution >= 4 is 37.5 Å². The molecular weight excluding hydrogens is 432 g/mol. The van der Waals surface area contributed by atoms with Crippen LogP contribution in [0.25, 0.3) is 0 Å². The zero-order valence-electron chi connectivity index (χ0n) is 14.9. The van der Waals surface area contributed by atoms with E-state index in [0.717, 1.165) is 23.9 Å². The van der Waals surface area contributed by atoms with Crippen molar-refractivity contribution in [1.29, 1.82) is 0 Å². The molecule has 0 bridgehead atoms. The molecule has 1 unspecified atom stereocenters. The van der Waals surface area contributed by atoms with E-state index in [9.17, 15) is 13.2 Å². The zero-order chi connectivity index (χ0) is 19.4. The number of halogens is 1. The lowest BCUT2D eigenvalue weighted by molar-refractivity contribution is 0.0587. The van der Waals surface area contributed by atoms with Gasteiger partial charge in [0.1, 0.15) is 0 Å². The SMILES string of the molecule is CN(CC1CCCO1)C(=O)c1cccc(NS(=O)(=O)c2ccc(Br)cc2)c1. The maximum Gasteiger partial charge on any atom is 0.261 e. The molecule has 1 atom stereocenters. The van der Waals surface area contributed by atoms with Gasteiger partial charge in [-0.3, -0.25) is 9.52 Å². The number of amides is 1. The maximum atomic E-state index is 12.6. The Morgan fingerprint density at radius 1 is 1.26 bits per heavy atom. The lowest BCUT2D eigenvalue weighted by atomic mass is 10.1. The summed E-state index contributed by atoms with van der Waals surface area (Å²) in [5.74, 6) is -0.171. The minimum Gasteiger partial charge on any atom is -0.376 e. The molecule has 0 saturated carbocycles. The fourth-order valence-corrected chi connectivity index (χ4v) is 4.25. The molecule has 0 spiro atoms. The normalized spacial score (nSPS) is 16.9. The molecule has 8 heteroatoms. The lowest BCUT2D eigenvalue weighted by Crippen LogP contribution is -2.34. The van der Waals surface area contributed by atoms with E-state index in [-0.39, 0.29) is 16.9 Å². The summed E-state index contributed by atoms with van der Waals surface area (Å²) in [6.45, 7) is 1.26. The van der Waals surface area contributed by atoms with Crippen LogP contribution in [0.5, 0.6) is 0 Å². The van der Waals surface area contributed by atoms with E-state index in [1.54, 1.807) is 48.3 Å². The van der Waals surface area contributed by atoms with Gasteiger partial charge in [0.25, 0.3) is 15.9 Å². The Kier molecular flexibility index (Phi) is 6.18. The first-order valence-electron chi connectivity index (χ1n) is 8.61. The summed E-state index contributed by atoms with van der Waals surface area (Å²) in [7, 11) is -2.00. The first-order chi connectivity index (χ1) is 12.8. The fraction of sp³-hybridized carbons (Fsp3) is 0.316. The van der Waals surface area contributed by atoms with E-state index in [0.29, 0.717) is 17.8 Å². The molecular formula is C19H21BrN2O4S. The van der Waals surface area contributed by atoms with Gasteiger partial charge >= 0.3 is 0 Å². The van der Waals surface area contributed by atoms with Gasteiger partial charge in [-0.05, 0) is 55.3 Å². The Hall–Kier alpha value is -1.90. The van der Waals surface area contributed by atoms with E-state index in [2.05, 4.69) is 20.7 Å². The molecule has 3 rings (SSSR count). The molecule has 2 aromatic rings. The smallest absolute Gasteiger partial charge is 0.261 e. The lowest BCUT2D eigenvalue weighted by Gasteiger charge is -2.21. The number of carbonyl (C=O) groups is 1. The van der Waals surface area contributed by atoms with E-state index >= 15 is 0 Å². The van der Waals surface area contributed by atoms with Crippen LogP contribution >= 0.6 is 15.9 Å². The van der Waals surface area contributed by atoms with Crippen molar-refractivity contribution in [2.75, 3.05) is 24.9 Å². The van der Waals surface area contributed by atoms with Crippen molar-refractivity contribution in [2.24, 2.45) is 0 Å². The Labute approximate surface area is 167 Å².